The monoisotopic (exact) mass is 444 g/mol. The maximum atomic E-state index is 12.7. The van der Waals surface area contributed by atoms with Gasteiger partial charge >= 0.3 is 0 Å². The number of rotatable bonds is 6. The van der Waals surface area contributed by atoms with Crippen LogP contribution >= 0.6 is 11.6 Å². The van der Waals surface area contributed by atoms with E-state index < -0.39 is 0 Å². The van der Waals surface area contributed by atoms with E-state index in [1.807, 2.05) is 11.0 Å². The Morgan fingerprint density at radius 1 is 1.19 bits per heavy atom. The topological polar surface area (TPSA) is 88.0 Å². The number of anilines is 2. The number of nitro benzene ring substituents is 1. The number of ether oxygens (including phenoxy) is 1. The summed E-state index contributed by atoms with van der Waals surface area (Å²) >= 11 is 6.01. The molecule has 1 N–H and O–H groups in total. The molecule has 2 aliphatic rings. The molecule has 1 unspecified atom stereocenters. The molecule has 164 valence electrons. The van der Waals surface area contributed by atoms with Crippen LogP contribution in [0, 0.1) is 10.1 Å². The van der Waals surface area contributed by atoms with Gasteiger partial charge in [0.1, 0.15) is 5.69 Å². The lowest BCUT2D eigenvalue weighted by molar-refractivity contribution is -0.383. The van der Waals surface area contributed by atoms with Crippen molar-refractivity contribution in [3.05, 3.63) is 63.2 Å². The second-order valence-electron chi connectivity index (χ2n) is 7.76. The van der Waals surface area contributed by atoms with Gasteiger partial charge in [0, 0.05) is 61.7 Å². The minimum Gasteiger partial charge on any atom is -0.377 e. The van der Waals surface area contributed by atoms with Crippen LogP contribution in [0.2, 0.25) is 5.02 Å². The van der Waals surface area contributed by atoms with Crippen LogP contribution in [0.4, 0.5) is 17.1 Å². The minimum atomic E-state index is -0.372. The summed E-state index contributed by atoms with van der Waals surface area (Å²) in [6.45, 7) is 3.73. The summed E-state index contributed by atoms with van der Waals surface area (Å²) in [5.41, 5.74) is 2.03. The van der Waals surface area contributed by atoms with E-state index in [-0.39, 0.29) is 22.6 Å². The van der Waals surface area contributed by atoms with Gasteiger partial charge in [-0.15, -0.1) is 0 Å². The number of carbonyl (C=O) groups excluding carboxylic acids is 1. The number of nitrogens with one attached hydrogen (secondary N) is 1. The molecule has 0 spiro atoms. The van der Waals surface area contributed by atoms with Crippen LogP contribution in [-0.2, 0) is 4.74 Å². The van der Waals surface area contributed by atoms with Crippen LogP contribution in [0.3, 0.4) is 0 Å². The molecule has 0 bridgehead atoms. The number of amides is 1. The fourth-order valence-electron chi connectivity index (χ4n) is 4.02. The minimum absolute atomic E-state index is 0.0373. The highest BCUT2D eigenvalue weighted by Gasteiger charge is 2.24. The van der Waals surface area contributed by atoms with Crippen molar-refractivity contribution in [1.82, 2.24) is 4.90 Å². The molecular formula is C22H25ClN4O4. The number of hydrogen-bond donors (Lipinski definition) is 1. The van der Waals surface area contributed by atoms with Crippen LogP contribution < -0.4 is 10.2 Å². The Hall–Kier alpha value is -2.84. The van der Waals surface area contributed by atoms with Crippen molar-refractivity contribution < 1.29 is 14.5 Å². The number of halogens is 1. The molecule has 0 aromatic heterocycles. The Labute approximate surface area is 185 Å². The second-order valence-corrected chi connectivity index (χ2v) is 8.20. The summed E-state index contributed by atoms with van der Waals surface area (Å²) < 4.78 is 5.61. The molecule has 0 saturated carbocycles. The van der Waals surface area contributed by atoms with Crippen LogP contribution in [-0.4, -0.2) is 61.2 Å². The molecule has 9 heteroatoms. The molecule has 4 rings (SSSR count). The molecule has 2 fully saturated rings. The Bertz CT molecular complexity index is 956. The van der Waals surface area contributed by atoms with Gasteiger partial charge in [0.05, 0.1) is 11.0 Å². The van der Waals surface area contributed by atoms with Crippen molar-refractivity contribution >= 4 is 34.6 Å². The highest BCUT2D eigenvalue weighted by molar-refractivity contribution is 6.30. The normalized spacial score (nSPS) is 18.8. The molecule has 2 aromatic carbocycles. The molecule has 2 saturated heterocycles. The van der Waals surface area contributed by atoms with Crippen molar-refractivity contribution in [1.29, 1.82) is 0 Å². The lowest BCUT2D eigenvalue weighted by atomic mass is 10.1. The van der Waals surface area contributed by atoms with Gasteiger partial charge in [-0.1, -0.05) is 17.7 Å². The third-order valence-corrected chi connectivity index (χ3v) is 5.96. The zero-order valence-electron chi connectivity index (χ0n) is 17.1. The predicted molar refractivity (Wildman–Crippen MR) is 120 cm³/mol. The third kappa shape index (κ3) is 5.08. The highest BCUT2D eigenvalue weighted by atomic mass is 35.5. The van der Waals surface area contributed by atoms with Gasteiger partial charge in [-0.3, -0.25) is 14.9 Å². The molecule has 8 nitrogen and oxygen atoms in total. The number of nitrogens with zero attached hydrogens (tertiary/aromatic N) is 3. The molecule has 2 aromatic rings. The van der Waals surface area contributed by atoms with E-state index >= 15 is 0 Å². The first-order valence-electron chi connectivity index (χ1n) is 10.4. The standard InChI is InChI=1S/C22H25ClN4O4/c23-17-4-1-3-16(13-17)22(28)26-10-8-25(9-11-26)18-6-7-21(27(29)30)20(14-18)24-15-19-5-2-12-31-19/h1,3-4,6-7,13-14,19,24H,2,5,8-12,15H2. The van der Waals surface area contributed by atoms with Gasteiger partial charge in [0.25, 0.3) is 11.6 Å². The van der Waals surface area contributed by atoms with Gasteiger partial charge in [-0.05, 0) is 43.2 Å². The lowest BCUT2D eigenvalue weighted by Gasteiger charge is -2.36. The molecule has 2 heterocycles. The van der Waals surface area contributed by atoms with E-state index in [9.17, 15) is 14.9 Å². The zero-order chi connectivity index (χ0) is 21.8. The first-order chi connectivity index (χ1) is 15.0. The van der Waals surface area contributed by atoms with Gasteiger partial charge in [-0.2, -0.15) is 0 Å². The fourth-order valence-corrected chi connectivity index (χ4v) is 4.21. The molecule has 0 radical (unpaired) electrons. The van der Waals surface area contributed by atoms with Crippen LogP contribution in [0.5, 0.6) is 0 Å². The van der Waals surface area contributed by atoms with Crippen molar-refractivity contribution in [3.63, 3.8) is 0 Å². The number of nitro groups is 1. The average Bonchev–Trinajstić information content (AvgIpc) is 3.31. The SMILES string of the molecule is O=C(c1cccc(Cl)c1)N1CCN(c2ccc([N+](=O)[O-])c(NCC3CCCO3)c2)CC1. The average molecular weight is 445 g/mol. The van der Waals surface area contributed by atoms with E-state index in [1.54, 1.807) is 30.3 Å². The third-order valence-electron chi connectivity index (χ3n) is 5.72. The zero-order valence-corrected chi connectivity index (χ0v) is 17.9. The van der Waals surface area contributed by atoms with Gasteiger partial charge in [-0.25, -0.2) is 0 Å². The Morgan fingerprint density at radius 2 is 2.00 bits per heavy atom. The maximum Gasteiger partial charge on any atom is 0.292 e. The Morgan fingerprint density at radius 3 is 2.68 bits per heavy atom. The van der Waals surface area contributed by atoms with Crippen molar-refractivity contribution in [2.75, 3.05) is 49.5 Å². The molecular weight excluding hydrogens is 420 g/mol. The van der Waals surface area contributed by atoms with Gasteiger partial charge < -0.3 is 19.9 Å². The van der Waals surface area contributed by atoms with E-state index in [0.29, 0.717) is 49.0 Å². The number of hydrogen-bond acceptors (Lipinski definition) is 6. The van der Waals surface area contributed by atoms with Gasteiger partial charge in [0.15, 0.2) is 0 Å². The molecule has 1 amide bonds. The number of carbonyl (C=O) groups is 1. The van der Waals surface area contributed by atoms with Crippen LogP contribution in [0.25, 0.3) is 0 Å². The van der Waals surface area contributed by atoms with Crippen LogP contribution in [0.15, 0.2) is 42.5 Å². The maximum absolute atomic E-state index is 12.7. The second kappa shape index (κ2) is 9.53. The summed E-state index contributed by atoms with van der Waals surface area (Å²) in [5.74, 6) is -0.0373. The highest BCUT2D eigenvalue weighted by Crippen LogP contribution is 2.31. The number of benzene rings is 2. The summed E-state index contributed by atoms with van der Waals surface area (Å²) in [6.07, 6.45) is 2.07. The van der Waals surface area contributed by atoms with E-state index in [2.05, 4.69) is 10.2 Å². The van der Waals surface area contributed by atoms with Crippen molar-refractivity contribution in [2.24, 2.45) is 0 Å². The van der Waals surface area contributed by atoms with Gasteiger partial charge in [0.2, 0.25) is 0 Å². The number of piperazine rings is 1. The summed E-state index contributed by atoms with van der Waals surface area (Å²) in [4.78, 5) is 27.8. The van der Waals surface area contributed by atoms with E-state index in [1.165, 1.54) is 6.07 Å². The van der Waals surface area contributed by atoms with E-state index in [0.717, 1.165) is 25.1 Å². The molecule has 31 heavy (non-hydrogen) atoms. The smallest absolute Gasteiger partial charge is 0.292 e. The quantitative estimate of drug-likeness (QED) is 0.538. The molecule has 0 aliphatic carbocycles. The summed E-state index contributed by atoms with van der Waals surface area (Å²) in [7, 11) is 0. The Balaban J connectivity index is 1.42. The first-order valence-corrected chi connectivity index (χ1v) is 10.8. The predicted octanol–water partition coefficient (Wildman–Crippen LogP) is 3.80. The molecule has 2 aliphatic heterocycles. The fraction of sp³-hybridized carbons (Fsp3) is 0.409. The largest absolute Gasteiger partial charge is 0.377 e. The van der Waals surface area contributed by atoms with Crippen molar-refractivity contribution in [2.45, 2.75) is 18.9 Å². The molecule has 1 atom stereocenters. The summed E-state index contributed by atoms with van der Waals surface area (Å²) in [6, 6.07) is 12.1. The van der Waals surface area contributed by atoms with Crippen molar-refractivity contribution in [3.8, 4) is 0 Å². The Kier molecular flexibility index (Phi) is 6.58. The van der Waals surface area contributed by atoms with E-state index in [4.69, 9.17) is 16.3 Å². The van der Waals surface area contributed by atoms with Crippen LogP contribution in [0.1, 0.15) is 23.2 Å². The first kappa shape index (κ1) is 21.4. The lowest BCUT2D eigenvalue weighted by Crippen LogP contribution is -2.48. The summed E-state index contributed by atoms with van der Waals surface area (Å²) in [5, 5.41) is 15.2.